The van der Waals surface area contributed by atoms with Gasteiger partial charge in [-0.05, 0) is 23.3 Å². The minimum absolute atomic E-state index is 0.0887. The molecule has 0 aromatic heterocycles. The summed E-state index contributed by atoms with van der Waals surface area (Å²) in [7, 11) is 0. The van der Waals surface area contributed by atoms with Crippen LogP contribution < -0.4 is 5.73 Å². The van der Waals surface area contributed by atoms with Gasteiger partial charge in [0.2, 0.25) is 11.8 Å². The number of hydrogen-bond acceptors (Lipinski definition) is 3. The van der Waals surface area contributed by atoms with Gasteiger partial charge in [-0.1, -0.05) is 19.9 Å². The van der Waals surface area contributed by atoms with E-state index in [1.54, 1.807) is 19.9 Å². The quantitative estimate of drug-likeness (QED) is 0.843. The lowest BCUT2D eigenvalue weighted by atomic mass is 9.92. The van der Waals surface area contributed by atoms with Gasteiger partial charge in [-0.15, -0.1) is 0 Å². The molecule has 102 valence electrons. The molecule has 2 amide bonds. The Hall–Kier alpha value is -1.75. The van der Waals surface area contributed by atoms with Crippen molar-refractivity contribution in [3.8, 4) is 0 Å². The predicted octanol–water partition coefficient (Wildman–Crippen LogP) is 1.57. The predicted molar refractivity (Wildman–Crippen MR) is 68.2 cm³/mol. The molecule has 0 bridgehead atoms. The third-order valence-corrected chi connectivity index (χ3v) is 3.44. The third-order valence-electron chi connectivity index (χ3n) is 3.44. The Morgan fingerprint density at radius 3 is 2.53 bits per heavy atom. The first-order valence-corrected chi connectivity index (χ1v) is 6.17. The Labute approximate surface area is 111 Å². The van der Waals surface area contributed by atoms with Crippen molar-refractivity contribution < 1.29 is 14.0 Å². The first kappa shape index (κ1) is 13.7. The molecular weight excluding hydrogens is 247 g/mol. The molecule has 1 saturated heterocycles. The number of likely N-dealkylation sites (tertiary alicyclic amines) is 1. The average molecular weight is 264 g/mol. The standard InChI is InChI=1S/C14H17FN2O2/c1-14(2)6-12(18)17(13(14)19)8-10-5-11(15)4-3-9(10)7-16/h3-5H,6-8,16H2,1-2H3. The molecule has 0 unspecified atom stereocenters. The van der Waals surface area contributed by atoms with E-state index in [9.17, 15) is 14.0 Å². The molecule has 0 spiro atoms. The van der Waals surface area contributed by atoms with Gasteiger partial charge in [0.25, 0.3) is 0 Å². The summed E-state index contributed by atoms with van der Waals surface area (Å²) >= 11 is 0. The van der Waals surface area contributed by atoms with E-state index in [-0.39, 0.29) is 31.3 Å². The first-order valence-electron chi connectivity index (χ1n) is 6.17. The number of halogens is 1. The van der Waals surface area contributed by atoms with E-state index < -0.39 is 11.2 Å². The Balaban J connectivity index is 2.29. The highest BCUT2D eigenvalue weighted by atomic mass is 19.1. The maximum atomic E-state index is 13.3. The van der Waals surface area contributed by atoms with Crippen LogP contribution in [0.1, 0.15) is 31.4 Å². The zero-order valence-electron chi connectivity index (χ0n) is 11.1. The van der Waals surface area contributed by atoms with Gasteiger partial charge in [0.15, 0.2) is 0 Å². The van der Waals surface area contributed by atoms with Gasteiger partial charge in [-0.25, -0.2) is 4.39 Å². The second-order valence-corrected chi connectivity index (χ2v) is 5.46. The molecule has 0 aliphatic carbocycles. The van der Waals surface area contributed by atoms with E-state index in [0.29, 0.717) is 5.56 Å². The summed E-state index contributed by atoms with van der Waals surface area (Å²) in [6.07, 6.45) is 0.194. The fourth-order valence-corrected chi connectivity index (χ4v) is 2.30. The minimum atomic E-state index is -0.673. The second-order valence-electron chi connectivity index (χ2n) is 5.46. The molecule has 1 aromatic carbocycles. The number of imide groups is 1. The Bertz CT molecular complexity index is 540. The van der Waals surface area contributed by atoms with Crippen LogP contribution in [0.25, 0.3) is 0 Å². The van der Waals surface area contributed by atoms with Gasteiger partial charge in [-0.2, -0.15) is 0 Å². The number of carbonyl (C=O) groups is 2. The largest absolute Gasteiger partial charge is 0.326 e. The minimum Gasteiger partial charge on any atom is -0.326 e. The monoisotopic (exact) mass is 264 g/mol. The van der Waals surface area contributed by atoms with Crippen molar-refractivity contribution in [1.82, 2.24) is 4.90 Å². The van der Waals surface area contributed by atoms with Crippen molar-refractivity contribution in [1.29, 1.82) is 0 Å². The van der Waals surface area contributed by atoms with Crippen molar-refractivity contribution in [2.75, 3.05) is 0 Å². The zero-order valence-corrected chi connectivity index (χ0v) is 11.1. The van der Waals surface area contributed by atoms with Gasteiger partial charge in [0.05, 0.1) is 12.0 Å². The summed E-state index contributed by atoms with van der Waals surface area (Å²) < 4.78 is 13.3. The molecule has 4 nitrogen and oxygen atoms in total. The number of amides is 2. The fraction of sp³-hybridized carbons (Fsp3) is 0.429. The van der Waals surface area contributed by atoms with Crippen molar-refractivity contribution in [2.24, 2.45) is 11.1 Å². The highest BCUT2D eigenvalue weighted by molar-refractivity contribution is 6.05. The Morgan fingerprint density at radius 1 is 1.32 bits per heavy atom. The van der Waals surface area contributed by atoms with E-state index in [2.05, 4.69) is 0 Å². The topological polar surface area (TPSA) is 63.4 Å². The van der Waals surface area contributed by atoms with Crippen LogP contribution in [0.4, 0.5) is 4.39 Å². The van der Waals surface area contributed by atoms with Crippen LogP contribution in [0, 0.1) is 11.2 Å². The molecule has 5 heteroatoms. The maximum Gasteiger partial charge on any atom is 0.235 e. The van der Waals surface area contributed by atoms with Crippen LogP contribution in [0.2, 0.25) is 0 Å². The van der Waals surface area contributed by atoms with Crippen LogP contribution in [0.15, 0.2) is 18.2 Å². The van der Waals surface area contributed by atoms with Gasteiger partial charge in [0.1, 0.15) is 5.82 Å². The fourth-order valence-electron chi connectivity index (χ4n) is 2.30. The van der Waals surface area contributed by atoms with Gasteiger partial charge in [-0.3, -0.25) is 14.5 Å². The highest BCUT2D eigenvalue weighted by Crippen LogP contribution is 2.32. The van der Waals surface area contributed by atoms with Crippen molar-refractivity contribution >= 4 is 11.8 Å². The summed E-state index contributed by atoms with van der Waals surface area (Å²) in [4.78, 5) is 25.2. The van der Waals surface area contributed by atoms with Crippen LogP contribution >= 0.6 is 0 Å². The summed E-state index contributed by atoms with van der Waals surface area (Å²) in [6.45, 7) is 3.81. The number of nitrogens with zero attached hydrogens (tertiary/aromatic N) is 1. The molecular formula is C14H17FN2O2. The number of rotatable bonds is 3. The van der Waals surface area contributed by atoms with E-state index in [1.165, 1.54) is 17.0 Å². The number of carbonyl (C=O) groups excluding carboxylic acids is 2. The van der Waals surface area contributed by atoms with E-state index in [0.717, 1.165) is 5.56 Å². The number of hydrogen-bond donors (Lipinski definition) is 1. The third kappa shape index (κ3) is 2.51. The molecule has 1 aliphatic rings. The van der Waals surface area contributed by atoms with Crippen LogP contribution in [-0.4, -0.2) is 16.7 Å². The van der Waals surface area contributed by atoms with Gasteiger partial charge in [0, 0.05) is 13.0 Å². The van der Waals surface area contributed by atoms with Gasteiger partial charge < -0.3 is 5.73 Å². The summed E-state index contributed by atoms with van der Waals surface area (Å²) in [5, 5.41) is 0. The lowest BCUT2D eigenvalue weighted by Gasteiger charge is -2.19. The normalized spacial score (nSPS) is 18.2. The summed E-state index contributed by atoms with van der Waals surface area (Å²) in [5.74, 6) is -0.836. The summed E-state index contributed by atoms with van der Waals surface area (Å²) in [6, 6.07) is 4.23. The maximum absolute atomic E-state index is 13.3. The van der Waals surface area contributed by atoms with Crippen molar-refractivity contribution in [2.45, 2.75) is 33.4 Å². The smallest absolute Gasteiger partial charge is 0.235 e. The van der Waals surface area contributed by atoms with Crippen LogP contribution in [0.3, 0.4) is 0 Å². The van der Waals surface area contributed by atoms with Gasteiger partial charge >= 0.3 is 0 Å². The molecule has 1 aliphatic heterocycles. The molecule has 0 saturated carbocycles. The SMILES string of the molecule is CC1(C)CC(=O)N(Cc2cc(F)ccc2CN)C1=O. The van der Waals surface area contributed by atoms with Crippen molar-refractivity contribution in [3.63, 3.8) is 0 Å². The molecule has 19 heavy (non-hydrogen) atoms. The zero-order chi connectivity index (χ0) is 14.2. The molecule has 1 heterocycles. The lowest BCUT2D eigenvalue weighted by Crippen LogP contribution is -2.33. The number of benzene rings is 1. The van der Waals surface area contributed by atoms with E-state index in [1.807, 2.05) is 0 Å². The second kappa shape index (κ2) is 4.74. The van der Waals surface area contributed by atoms with E-state index >= 15 is 0 Å². The highest BCUT2D eigenvalue weighted by Gasteiger charge is 2.44. The molecule has 2 N–H and O–H groups in total. The van der Waals surface area contributed by atoms with E-state index in [4.69, 9.17) is 5.73 Å². The molecule has 1 fully saturated rings. The molecule has 2 rings (SSSR count). The first-order chi connectivity index (χ1) is 8.85. The van der Waals surface area contributed by atoms with Crippen LogP contribution in [0.5, 0.6) is 0 Å². The Morgan fingerprint density at radius 2 is 2.00 bits per heavy atom. The van der Waals surface area contributed by atoms with Crippen LogP contribution in [-0.2, 0) is 22.7 Å². The molecule has 0 atom stereocenters. The average Bonchev–Trinajstić information content (AvgIpc) is 2.52. The number of nitrogens with two attached hydrogens (primary N) is 1. The molecule has 1 aromatic rings. The Kier molecular flexibility index (Phi) is 3.41. The lowest BCUT2D eigenvalue weighted by molar-refractivity contribution is -0.141. The summed E-state index contributed by atoms with van der Waals surface area (Å²) in [5.41, 5.74) is 6.24. The molecule has 0 radical (unpaired) electrons. The van der Waals surface area contributed by atoms with Crippen molar-refractivity contribution in [3.05, 3.63) is 35.1 Å².